The number of rotatable bonds is 8. The molecule has 3 aliphatic rings. The van der Waals surface area contributed by atoms with Crippen LogP contribution in [-0.2, 0) is 23.9 Å². The van der Waals surface area contributed by atoms with Gasteiger partial charge in [-0.25, -0.2) is 9.59 Å². The number of fused-ring (bicyclic) bond motifs is 1. The number of nitrogens with one attached hydrogen (secondary N) is 2. The minimum atomic E-state index is -1.79. The summed E-state index contributed by atoms with van der Waals surface area (Å²) in [5.41, 5.74) is 0.552. The Balaban J connectivity index is 1.44. The van der Waals surface area contributed by atoms with E-state index < -0.39 is 51.7 Å². The van der Waals surface area contributed by atoms with E-state index in [1.807, 2.05) is 13.8 Å². The molecule has 200 valence electrons. The molecule has 1 saturated heterocycles. The Morgan fingerprint density at radius 3 is 2.49 bits per heavy atom. The van der Waals surface area contributed by atoms with Gasteiger partial charge in [0.2, 0.25) is 9.70 Å². The molecule has 2 heterocycles. The van der Waals surface area contributed by atoms with Crippen LogP contribution in [0.2, 0.25) is 0 Å². The lowest BCUT2D eigenvalue weighted by atomic mass is 10.0. The Morgan fingerprint density at radius 1 is 1.19 bits per heavy atom. The number of ether oxygens (including phenoxy) is 2. The van der Waals surface area contributed by atoms with Crippen molar-refractivity contribution in [2.75, 3.05) is 6.61 Å². The lowest BCUT2D eigenvalue weighted by molar-refractivity contribution is -0.153. The van der Waals surface area contributed by atoms with Crippen molar-refractivity contribution in [2.45, 2.75) is 59.3 Å². The van der Waals surface area contributed by atoms with Crippen LogP contribution >= 0.6 is 46.6 Å². The van der Waals surface area contributed by atoms with Crippen LogP contribution in [0.3, 0.4) is 0 Å². The number of nitrogens with zero attached hydrogens (tertiary/aromatic N) is 1. The molecular formula is C24H26Cl3N3O6S. The van der Waals surface area contributed by atoms with Gasteiger partial charge < -0.3 is 20.1 Å². The summed E-state index contributed by atoms with van der Waals surface area (Å²) in [6, 6.07) is 6.66. The van der Waals surface area contributed by atoms with Gasteiger partial charge in [-0.3, -0.25) is 14.5 Å². The number of benzene rings is 1. The molecule has 0 aromatic heterocycles. The number of β-lactam (4-membered cyclic amide) rings is 1. The highest BCUT2D eigenvalue weighted by molar-refractivity contribution is 8.00. The third kappa shape index (κ3) is 6.85. The molecule has 3 amide bonds. The quantitative estimate of drug-likeness (QED) is 0.269. The van der Waals surface area contributed by atoms with Crippen molar-refractivity contribution in [3.8, 4) is 0 Å². The van der Waals surface area contributed by atoms with Gasteiger partial charge in [-0.05, 0) is 44.2 Å². The van der Waals surface area contributed by atoms with Gasteiger partial charge >= 0.3 is 12.1 Å². The van der Waals surface area contributed by atoms with Gasteiger partial charge in [-0.15, -0.1) is 11.8 Å². The Labute approximate surface area is 233 Å². The molecule has 9 nitrogen and oxygen atoms in total. The lowest BCUT2D eigenvalue weighted by Crippen LogP contribution is -2.71. The second-order valence-corrected chi connectivity index (χ2v) is 13.1. The van der Waals surface area contributed by atoms with Gasteiger partial charge in [0.1, 0.15) is 35.9 Å². The normalized spacial score (nSPS) is 24.6. The fraction of sp³-hybridized carbons (Fsp3) is 0.500. The summed E-state index contributed by atoms with van der Waals surface area (Å²) in [7, 11) is 0. The summed E-state index contributed by atoms with van der Waals surface area (Å²) < 4.78 is 8.69. The summed E-state index contributed by atoms with van der Waals surface area (Å²) in [4.78, 5) is 52.8. The van der Waals surface area contributed by atoms with E-state index >= 15 is 0 Å². The number of halogens is 3. The molecule has 1 aliphatic carbocycles. The Morgan fingerprint density at radius 2 is 1.86 bits per heavy atom. The summed E-state index contributed by atoms with van der Waals surface area (Å²) in [6.45, 7) is 3.18. The number of esters is 1. The van der Waals surface area contributed by atoms with Crippen molar-refractivity contribution in [1.82, 2.24) is 15.5 Å². The summed E-state index contributed by atoms with van der Waals surface area (Å²) in [5, 5.41) is 4.64. The number of alkyl carbamates (subject to hydrolysis) is 1. The van der Waals surface area contributed by atoms with E-state index in [1.54, 1.807) is 36.4 Å². The van der Waals surface area contributed by atoms with Crippen LogP contribution in [0.4, 0.5) is 4.79 Å². The average molecular weight is 591 g/mol. The molecule has 5 atom stereocenters. The standard InChI is InChI=1S/C24H26Cl3N3O6S/c1-12-10-16(22(33)35-11-24(25,26)27)30-20(32)18(21(30)37-12)28-19(31)17(15-6-4-3-5-7-15)29-23(34)36-13(2)14-8-9-14/h3-7,10,12-14,17-18,21H,8-9,11H2,1-2H3,(H,28,31)(H,29,34)/t12?,13?,17?,18?,21-/m1/s1. The predicted octanol–water partition coefficient (Wildman–Crippen LogP) is 3.84. The number of thioether (sulfide) groups is 1. The van der Waals surface area contributed by atoms with Crippen molar-refractivity contribution in [1.29, 1.82) is 0 Å². The largest absolute Gasteiger partial charge is 0.456 e. The fourth-order valence-corrected chi connectivity index (χ4v) is 5.60. The van der Waals surface area contributed by atoms with Gasteiger partial charge in [0.15, 0.2) is 0 Å². The van der Waals surface area contributed by atoms with E-state index in [1.165, 1.54) is 16.7 Å². The van der Waals surface area contributed by atoms with E-state index in [-0.39, 0.29) is 17.1 Å². The first-order valence-corrected chi connectivity index (χ1v) is 13.8. The van der Waals surface area contributed by atoms with Crippen LogP contribution in [-0.4, -0.2) is 61.9 Å². The number of carbonyl (C=O) groups excluding carboxylic acids is 4. The van der Waals surface area contributed by atoms with Crippen LogP contribution in [0.1, 0.15) is 38.3 Å². The highest BCUT2D eigenvalue weighted by atomic mass is 35.6. The van der Waals surface area contributed by atoms with Crippen molar-refractivity contribution < 1.29 is 28.7 Å². The van der Waals surface area contributed by atoms with Crippen molar-refractivity contribution in [2.24, 2.45) is 5.92 Å². The molecule has 37 heavy (non-hydrogen) atoms. The number of alkyl halides is 3. The first-order valence-electron chi connectivity index (χ1n) is 11.7. The molecule has 13 heteroatoms. The SMILES string of the molecule is CC1C=C(C(=O)OCC(Cl)(Cl)Cl)N2C(=O)C(NC(=O)C(NC(=O)OC(C)C3CC3)c3ccccc3)[C@H]2S1. The van der Waals surface area contributed by atoms with Crippen molar-refractivity contribution in [3.63, 3.8) is 0 Å². The summed E-state index contributed by atoms with van der Waals surface area (Å²) in [6.07, 6.45) is 2.62. The van der Waals surface area contributed by atoms with Crippen LogP contribution in [0.5, 0.6) is 0 Å². The van der Waals surface area contributed by atoms with Crippen LogP contribution < -0.4 is 10.6 Å². The molecular weight excluding hydrogens is 565 g/mol. The third-order valence-corrected chi connectivity index (χ3v) is 7.81. The van der Waals surface area contributed by atoms with Gasteiger partial charge in [0, 0.05) is 5.25 Å². The molecule has 2 aliphatic heterocycles. The number of hydrogen-bond acceptors (Lipinski definition) is 7. The maximum atomic E-state index is 13.3. The highest BCUT2D eigenvalue weighted by Crippen LogP contribution is 2.41. The molecule has 1 aromatic carbocycles. The second kappa shape index (κ2) is 11.3. The molecule has 0 radical (unpaired) electrons. The van der Waals surface area contributed by atoms with E-state index in [9.17, 15) is 19.2 Å². The van der Waals surface area contributed by atoms with Crippen LogP contribution in [0.25, 0.3) is 0 Å². The zero-order valence-corrected chi connectivity index (χ0v) is 23.1. The Kier molecular flexibility index (Phi) is 8.52. The smallest absolute Gasteiger partial charge is 0.408 e. The lowest BCUT2D eigenvalue weighted by Gasteiger charge is -2.50. The summed E-state index contributed by atoms with van der Waals surface area (Å²) >= 11 is 18.4. The van der Waals surface area contributed by atoms with Gasteiger partial charge in [-0.2, -0.15) is 0 Å². The Bertz CT molecular complexity index is 1090. The molecule has 2 N–H and O–H groups in total. The van der Waals surface area contributed by atoms with E-state index in [0.29, 0.717) is 11.5 Å². The maximum absolute atomic E-state index is 13.3. The van der Waals surface area contributed by atoms with Gasteiger partial charge in [-0.1, -0.05) is 65.1 Å². The summed E-state index contributed by atoms with van der Waals surface area (Å²) in [5.74, 6) is -1.55. The maximum Gasteiger partial charge on any atom is 0.408 e. The molecule has 1 aromatic rings. The van der Waals surface area contributed by atoms with E-state index in [4.69, 9.17) is 44.3 Å². The zero-order valence-electron chi connectivity index (χ0n) is 20.0. The van der Waals surface area contributed by atoms with E-state index in [0.717, 1.165) is 12.8 Å². The van der Waals surface area contributed by atoms with Crippen LogP contribution in [0, 0.1) is 5.92 Å². The molecule has 1 saturated carbocycles. The zero-order chi connectivity index (χ0) is 26.9. The monoisotopic (exact) mass is 589 g/mol. The number of hydrogen-bond donors (Lipinski definition) is 2. The van der Waals surface area contributed by atoms with Gasteiger partial charge in [0.05, 0.1) is 0 Å². The predicted molar refractivity (Wildman–Crippen MR) is 140 cm³/mol. The fourth-order valence-electron chi connectivity index (χ4n) is 4.11. The van der Waals surface area contributed by atoms with Crippen LogP contribution in [0.15, 0.2) is 42.1 Å². The third-order valence-electron chi connectivity index (χ3n) is 6.16. The minimum Gasteiger partial charge on any atom is -0.456 e. The average Bonchev–Trinajstić information content (AvgIpc) is 3.69. The molecule has 2 fully saturated rings. The molecule has 4 rings (SSSR count). The second-order valence-electron chi connectivity index (χ2n) is 9.11. The molecule has 0 bridgehead atoms. The first-order chi connectivity index (χ1) is 17.4. The first kappa shape index (κ1) is 27.9. The topological polar surface area (TPSA) is 114 Å². The van der Waals surface area contributed by atoms with Gasteiger partial charge in [0.25, 0.3) is 5.91 Å². The van der Waals surface area contributed by atoms with Crippen molar-refractivity contribution >= 4 is 70.4 Å². The highest BCUT2D eigenvalue weighted by Gasteiger charge is 2.54. The molecule has 4 unspecified atom stereocenters. The van der Waals surface area contributed by atoms with E-state index in [2.05, 4.69) is 10.6 Å². The number of amides is 3. The minimum absolute atomic E-state index is 0.0244. The van der Waals surface area contributed by atoms with Crippen molar-refractivity contribution in [3.05, 3.63) is 47.7 Å². The molecule has 0 spiro atoms. The number of carbonyl (C=O) groups is 4. The Hall–Kier alpha value is -2.14.